The van der Waals surface area contributed by atoms with Gasteiger partial charge >= 0.3 is 0 Å². The second kappa shape index (κ2) is 7.20. The number of amides is 1. The van der Waals surface area contributed by atoms with E-state index in [-0.39, 0.29) is 18.4 Å². The number of aryl methyl sites for hydroxylation is 1. The molecule has 1 saturated heterocycles. The number of ether oxygens (including phenoxy) is 1. The van der Waals surface area contributed by atoms with Gasteiger partial charge in [0.2, 0.25) is 0 Å². The Bertz CT molecular complexity index is 885. The van der Waals surface area contributed by atoms with Gasteiger partial charge < -0.3 is 14.6 Å². The van der Waals surface area contributed by atoms with Crippen molar-refractivity contribution in [2.45, 2.75) is 25.7 Å². The minimum atomic E-state index is 0.0362. The van der Waals surface area contributed by atoms with Crippen LogP contribution in [-0.2, 0) is 4.79 Å². The zero-order valence-electron chi connectivity index (χ0n) is 14.9. The van der Waals surface area contributed by atoms with Crippen molar-refractivity contribution < 1.29 is 9.53 Å². The number of benzene rings is 2. The van der Waals surface area contributed by atoms with Gasteiger partial charge in [-0.2, -0.15) is 0 Å². The molecule has 0 radical (unpaired) electrons. The summed E-state index contributed by atoms with van der Waals surface area (Å²) in [6.07, 6.45) is 2.03. The molecule has 1 aromatic heterocycles. The van der Waals surface area contributed by atoms with Crippen molar-refractivity contribution in [3.63, 3.8) is 0 Å². The third kappa shape index (κ3) is 3.43. The van der Waals surface area contributed by atoms with Gasteiger partial charge in [0.1, 0.15) is 11.6 Å². The highest BCUT2D eigenvalue weighted by Gasteiger charge is 2.27. The highest BCUT2D eigenvalue weighted by Crippen LogP contribution is 2.27. The average Bonchev–Trinajstić information content (AvgIpc) is 3.11. The lowest BCUT2D eigenvalue weighted by Gasteiger charge is -2.31. The third-order valence-corrected chi connectivity index (χ3v) is 5.01. The van der Waals surface area contributed by atoms with Crippen molar-refractivity contribution in [1.82, 2.24) is 14.9 Å². The maximum absolute atomic E-state index is 12.6. The first-order chi connectivity index (χ1) is 12.7. The van der Waals surface area contributed by atoms with Crippen LogP contribution in [-0.4, -0.2) is 40.5 Å². The molecule has 2 aromatic carbocycles. The Kier molecular flexibility index (Phi) is 4.61. The van der Waals surface area contributed by atoms with Gasteiger partial charge in [-0.15, -0.1) is 0 Å². The second-order valence-electron chi connectivity index (χ2n) is 6.87. The maximum Gasteiger partial charge on any atom is 0.260 e. The number of aromatic amines is 1. The fraction of sp³-hybridized carbons (Fsp3) is 0.333. The van der Waals surface area contributed by atoms with Crippen molar-refractivity contribution in [1.29, 1.82) is 0 Å². The Morgan fingerprint density at radius 1 is 1.23 bits per heavy atom. The highest BCUT2D eigenvalue weighted by molar-refractivity contribution is 5.78. The molecule has 4 rings (SSSR count). The molecule has 1 atom stereocenters. The summed E-state index contributed by atoms with van der Waals surface area (Å²) in [7, 11) is 0. The zero-order valence-corrected chi connectivity index (χ0v) is 14.9. The number of rotatable bonds is 4. The van der Waals surface area contributed by atoms with E-state index in [1.165, 1.54) is 0 Å². The molecule has 26 heavy (non-hydrogen) atoms. The molecule has 1 aliphatic rings. The Morgan fingerprint density at radius 2 is 2.04 bits per heavy atom. The van der Waals surface area contributed by atoms with Crippen molar-refractivity contribution in [2.24, 2.45) is 0 Å². The summed E-state index contributed by atoms with van der Waals surface area (Å²) in [4.78, 5) is 22.6. The Labute approximate surface area is 153 Å². The molecule has 0 unspecified atom stereocenters. The molecule has 0 saturated carbocycles. The van der Waals surface area contributed by atoms with Crippen molar-refractivity contribution in [3.05, 3.63) is 59.9 Å². The lowest BCUT2D eigenvalue weighted by Crippen LogP contribution is -2.41. The summed E-state index contributed by atoms with van der Waals surface area (Å²) >= 11 is 0. The molecule has 5 nitrogen and oxygen atoms in total. The summed E-state index contributed by atoms with van der Waals surface area (Å²) in [6, 6.07) is 15.8. The minimum absolute atomic E-state index is 0.0362. The van der Waals surface area contributed by atoms with Crippen LogP contribution in [0.25, 0.3) is 11.0 Å². The normalized spacial score (nSPS) is 17.4. The van der Waals surface area contributed by atoms with Crippen molar-refractivity contribution in [2.75, 3.05) is 19.7 Å². The molecule has 0 aliphatic carbocycles. The second-order valence-corrected chi connectivity index (χ2v) is 6.87. The van der Waals surface area contributed by atoms with Crippen molar-refractivity contribution in [3.8, 4) is 5.75 Å². The monoisotopic (exact) mass is 349 g/mol. The largest absolute Gasteiger partial charge is 0.484 e. The number of carbonyl (C=O) groups excluding carboxylic acids is 1. The highest BCUT2D eigenvalue weighted by atomic mass is 16.5. The van der Waals surface area contributed by atoms with Crippen molar-refractivity contribution >= 4 is 16.9 Å². The number of carbonyl (C=O) groups is 1. The van der Waals surface area contributed by atoms with Gasteiger partial charge in [-0.25, -0.2) is 4.98 Å². The van der Waals surface area contributed by atoms with Crippen LogP contribution in [0.2, 0.25) is 0 Å². The van der Waals surface area contributed by atoms with E-state index in [2.05, 4.69) is 4.98 Å². The van der Waals surface area contributed by atoms with Crippen LogP contribution in [0.4, 0.5) is 0 Å². The minimum Gasteiger partial charge on any atom is -0.484 e. The van der Waals surface area contributed by atoms with E-state index in [1.807, 2.05) is 60.4 Å². The first kappa shape index (κ1) is 16.6. The van der Waals surface area contributed by atoms with Crippen LogP contribution in [0.5, 0.6) is 5.75 Å². The SMILES string of the molecule is Cc1ccccc1OCC(=O)N1CCC[C@@H](c2nc3ccccc3[nH]2)C1. The molecule has 3 aromatic rings. The van der Waals surface area contributed by atoms with E-state index in [0.29, 0.717) is 6.54 Å². The van der Waals surface area contributed by atoms with E-state index in [4.69, 9.17) is 9.72 Å². The number of imidazole rings is 1. The average molecular weight is 349 g/mol. The van der Waals surface area contributed by atoms with Crippen LogP contribution in [0.15, 0.2) is 48.5 Å². The van der Waals surface area contributed by atoms with E-state index < -0.39 is 0 Å². The van der Waals surface area contributed by atoms with Gasteiger partial charge in [0.15, 0.2) is 6.61 Å². The molecule has 1 aliphatic heterocycles. The Morgan fingerprint density at radius 3 is 2.88 bits per heavy atom. The summed E-state index contributed by atoms with van der Waals surface area (Å²) < 4.78 is 5.73. The number of fused-ring (bicyclic) bond motifs is 1. The van der Waals surface area contributed by atoms with Crippen LogP contribution >= 0.6 is 0 Å². The predicted molar refractivity (Wildman–Crippen MR) is 101 cm³/mol. The number of para-hydroxylation sites is 3. The third-order valence-electron chi connectivity index (χ3n) is 5.01. The van der Waals surface area contributed by atoms with E-state index in [9.17, 15) is 4.79 Å². The maximum atomic E-state index is 12.6. The molecule has 134 valence electrons. The Hall–Kier alpha value is -2.82. The number of H-pyrrole nitrogens is 1. The molecular formula is C21H23N3O2. The fourth-order valence-electron chi connectivity index (χ4n) is 3.54. The topological polar surface area (TPSA) is 58.2 Å². The summed E-state index contributed by atoms with van der Waals surface area (Å²) in [5.41, 5.74) is 3.07. The molecule has 1 fully saturated rings. The summed E-state index contributed by atoms with van der Waals surface area (Å²) in [5, 5.41) is 0. The van der Waals surface area contributed by atoms with E-state index in [1.54, 1.807) is 0 Å². The molecule has 2 heterocycles. The van der Waals surface area contributed by atoms with Gasteiger partial charge in [-0.3, -0.25) is 4.79 Å². The van der Waals surface area contributed by atoms with Crippen LogP contribution in [0, 0.1) is 6.92 Å². The molecule has 0 bridgehead atoms. The van der Waals surface area contributed by atoms with Gasteiger partial charge in [0.05, 0.1) is 11.0 Å². The number of piperidine rings is 1. The first-order valence-corrected chi connectivity index (χ1v) is 9.11. The smallest absolute Gasteiger partial charge is 0.260 e. The number of likely N-dealkylation sites (tertiary alicyclic amines) is 1. The quantitative estimate of drug-likeness (QED) is 0.782. The predicted octanol–water partition coefficient (Wildman–Crippen LogP) is 3.66. The van der Waals surface area contributed by atoms with Crippen LogP contribution < -0.4 is 4.74 Å². The summed E-state index contributed by atoms with van der Waals surface area (Å²) in [6.45, 7) is 3.54. The molecule has 1 N–H and O–H groups in total. The number of nitrogens with zero attached hydrogens (tertiary/aromatic N) is 2. The summed E-state index contributed by atoms with van der Waals surface area (Å²) in [5.74, 6) is 2.03. The molecule has 0 spiro atoms. The van der Waals surface area contributed by atoms with Gasteiger partial charge in [-0.05, 0) is 43.5 Å². The number of aromatic nitrogens is 2. The molecule has 1 amide bonds. The van der Waals surface area contributed by atoms with Crippen LogP contribution in [0.1, 0.15) is 30.1 Å². The van der Waals surface area contributed by atoms with E-state index in [0.717, 1.165) is 47.6 Å². The number of hydrogen-bond donors (Lipinski definition) is 1. The number of hydrogen-bond acceptors (Lipinski definition) is 3. The lowest BCUT2D eigenvalue weighted by molar-refractivity contribution is -0.134. The van der Waals surface area contributed by atoms with Gasteiger partial charge in [-0.1, -0.05) is 30.3 Å². The lowest BCUT2D eigenvalue weighted by atomic mass is 9.97. The van der Waals surface area contributed by atoms with Gasteiger partial charge in [0, 0.05) is 19.0 Å². The van der Waals surface area contributed by atoms with Gasteiger partial charge in [0.25, 0.3) is 5.91 Å². The van der Waals surface area contributed by atoms with E-state index >= 15 is 0 Å². The standard InChI is InChI=1S/C21H23N3O2/c1-15-7-2-5-11-19(15)26-14-20(25)24-12-6-8-16(13-24)21-22-17-9-3-4-10-18(17)23-21/h2-5,7,9-11,16H,6,8,12-14H2,1H3,(H,22,23)/t16-/m1/s1. The van der Waals surface area contributed by atoms with Crippen LogP contribution in [0.3, 0.4) is 0 Å². The molecular weight excluding hydrogens is 326 g/mol. The molecule has 5 heteroatoms. The number of nitrogens with one attached hydrogen (secondary N) is 1. The fourth-order valence-corrected chi connectivity index (χ4v) is 3.54. The first-order valence-electron chi connectivity index (χ1n) is 9.11. The Balaban J connectivity index is 1.41. The zero-order chi connectivity index (χ0) is 17.9.